The van der Waals surface area contributed by atoms with Crippen LogP contribution >= 0.6 is 11.6 Å². The zero-order chi connectivity index (χ0) is 9.80. The molecule has 0 saturated carbocycles. The van der Waals surface area contributed by atoms with Crippen LogP contribution in [0.15, 0.2) is 24.3 Å². The highest BCUT2D eigenvalue weighted by atomic mass is 35.5. The van der Waals surface area contributed by atoms with Gasteiger partial charge < -0.3 is 10.2 Å². The third kappa shape index (κ3) is 2.40. The predicted octanol–water partition coefficient (Wildman–Crippen LogP) is 2.46. The van der Waals surface area contributed by atoms with Gasteiger partial charge in [-0.3, -0.25) is 0 Å². The van der Waals surface area contributed by atoms with Gasteiger partial charge >= 0.3 is 0 Å². The van der Waals surface area contributed by atoms with Crippen molar-refractivity contribution in [2.45, 2.75) is 6.42 Å². The van der Waals surface area contributed by atoms with Crippen LogP contribution in [0.5, 0.6) is 0 Å². The van der Waals surface area contributed by atoms with Crippen molar-refractivity contribution >= 4 is 17.3 Å². The number of benzene rings is 1. The summed E-state index contributed by atoms with van der Waals surface area (Å²) in [4.78, 5) is 2.43. The first-order valence-electron chi connectivity index (χ1n) is 5.07. The standard InChI is InChI=1S/C11H15ClN2/c12-10-4-1-2-5-11(10)13-6-9-14-7-3-8-14/h1-2,4-5,13H,3,6-9H2. The van der Waals surface area contributed by atoms with Gasteiger partial charge in [-0.05, 0) is 31.6 Å². The molecular weight excluding hydrogens is 196 g/mol. The molecule has 0 spiro atoms. The maximum Gasteiger partial charge on any atom is 0.0637 e. The smallest absolute Gasteiger partial charge is 0.0637 e. The van der Waals surface area contributed by atoms with Crippen molar-refractivity contribution in [2.75, 3.05) is 31.5 Å². The summed E-state index contributed by atoms with van der Waals surface area (Å²) in [7, 11) is 0. The molecule has 1 N–H and O–H groups in total. The fourth-order valence-electron chi connectivity index (χ4n) is 1.56. The lowest BCUT2D eigenvalue weighted by Gasteiger charge is -2.30. The molecule has 1 heterocycles. The molecular formula is C11H15ClN2. The molecule has 1 aromatic carbocycles. The van der Waals surface area contributed by atoms with Crippen LogP contribution in [-0.4, -0.2) is 31.1 Å². The largest absolute Gasteiger partial charge is 0.383 e. The fourth-order valence-corrected chi connectivity index (χ4v) is 1.76. The van der Waals surface area contributed by atoms with Gasteiger partial charge in [-0.15, -0.1) is 0 Å². The van der Waals surface area contributed by atoms with Gasteiger partial charge in [-0.2, -0.15) is 0 Å². The Bertz CT molecular complexity index is 297. The van der Waals surface area contributed by atoms with Crippen molar-refractivity contribution in [3.8, 4) is 0 Å². The third-order valence-corrected chi connectivity index (χ3v) is 2.90. The van der Waals surface area contributed by atoms with Crippen LogP contribution < -0.4 is 5.32 Å². The molecule has 1 aliphatic rings. The summed E-state index contributed by atoms with van der Waals surface area (Å²) in [6.45, 7) is 4.60. The number of rotatable bonds is 4. The van der Waals surface area contributed by atoms with Crippen molar-refractivity contribution < 1.29 is 0 Å². The van der Waals surface area contributed by atoms with Crippen LogP contribution in [-0.2, 0) is 0 Å². The van der Waals surface area contributed by atoms with E-state index in [0.717, 1.165) is 23.8 Å². The van der Waals surface area contributed by atoms with E-state index in [1.165, 1.54) is 19.5 Å². The van der Waals surface area contributed by atoms with Gasteiger partial charge in [0.1, 0.15) is 0 Å². The van der Waals surface area contributed by atoms with Crippen LogP contribution in [0.4, 0.5) is 5.69 Å². The summed E-state index contributed by atoms with van der Waals surface area (Å²) in [5.41, 5.74) is 1.04. The molecule has 2 rings (SSSR count). The summed E-state index contributed by atoms with van der Waals surface area (Å²) in [6, 6.07) is 7.87. The van der Waals surface area contributed by atoms with Gasteiger partial charge in [0.25, 0.3) is 0 Å². The van der Waals surface area contributed by atoms with E-state index in [2.05, 4.69) is 10.2 Å². The van der Waals surface area contributed by atoms with Gasteiger partial charge in [-0.25, -0.2) is 0 Å². The monoisotopic (exact) mass is 210 g/mol. The van der Waals surface area contributed by atoms with Crippen LogP contribution in [0.25, 0.3) is 0 Å². The number of nitrogens with one attached hydrogen (secondary N) is 1. The lowest BCUT2D eigenvalue weighted by molar-refractivity contribution is 0.189. The quantitative estimate of drug-likeness (QED) is 0.822. The first-order chi connectivity index (χ1) is 6.86. The molecule has 14 heavy (non-hydrogen) atoms. The van der Waals surface area contributed by atoms with E-state index in [4.69, 9.17) is 11.6 Å². The number of nitrogens with zero attached hydrogens (tertiary/aromatic N) is 1. The van der Waals surface area contributed by atoms with E-state index in [9.17, 15) is 0 Å². The lowest BCUT2D eigenvalue weighted by Crippen LogP contribution is -2.40. The van der Waals surface area contributed by atoms with E-state index < -0.39 is 0 Å². The first-order valence-corrected chi connectivity index (χ1v) is 5.45. The van der Waals surface area contributed by atoms with E-state index in [-0.39, 0.29) is 0 Å². The second-order valence-electron chi connectivity index (χ2n) is 3.60. The second kappa shape index (κ2) is 4.67. The Balaban J connectivity index is 1.76. The number of likely N-dealkylation sites (tertiary alicyclic amines) is 1. The third-order valence-electron chi connectivity index (χ3n) is 2.57. The average Bonchev–Trinajstić information content (AvgIpc) is 2.12. The second-order valence-corrected chi connectivity index (χ2v) is 4.01. The average molecular weight is 211 g/mol. The molecule has 0 bridgehead atoms. The lowest BCUT2D eigenvalue weighted by atomic mass is 10.2. The van der Waals surface area contributed by atoms with Crippen molar-refractivity contribution in [3.63, 3.8) is 0 Å². The normalized spacial score (nSPS) is 16.4. The van der Waals surface area contributed by atoms with Gasteiger partial charge in [0.15, 0.2) is 0 Å². The SMILES string of the molecule is Clc1ccccc1NCCN1CCC1. The fraction of sp³-hybridized carbons (Fsp3) is 0.455. The van der Waals surface area contributed by atoms with Gasteiger partial charge in [0.05, 0.1) is 10.7 Å². The summed E-state index contributed by atoms with van der Waals surface area (Å²) in [6.07, 6.45) is 1.35. The molecule has 1 aliphatic heterocycles. The van der Waals surface area contributed by atoms with E-state index >= 15 is 0 Å². The topological polar surface area (TPSA) is 15.3 Å². The molecule has 0 aromatic heterocycles. The maximum absolute atomic E-state index is 6.01. The Kier molecular flexibility index (Phi) is 3.27. The highest BCUT2D eigenvalue weighted by Crippen LogP contribution is 2.20. The van der Waals surface area contributed by atoms with Gasteiger partial charge in [0.2, 0.25) is 0 Å². The minimum absolute atomic E-state index is 0.802. The molecule has 2 nitrogen and oxygen atoms in total. The number of anilines is 1. The molecule has 0 atom stereocenters. The minimum Gasteiger partial charge on any atom is -0.383 e. The van der Waals surface area contributed by atoms with Crippen molar-refractivity contribution in [1.29, 1.82) is 0 Å². The highest BCUT2D eigenvalue weighted by Gasteiger charge is 2.12. The molecule has 0 amide bonds. The first kappa shape index (κ1) is 9.81. The number of para-hydroxylation sites is 1. The molecule has 0 aliphatic carbocycles. The maximum atomic E-state index is 6.01. The van der Waals surface area contributed by atoms with Crippen molar-refractivity contribution in [3.05, 3.63) is 29.3 Å². The van der Waals surface area contributed by atoms with E-state index in [1.54, 1.807) is 0 Å². The Morgan fingerprint density at radius 2 is 2.07 bits per heavy atom. The Hall–Kier alpha value is -0.730. The van der Waals surface area contributed by atoms with Crippen LogP contribution in [0.3, 0.4) is 0 Å². The molecule has 0 unspecified atom stereocenters. The predicted molar refractivity (Wildman–Crippen MR) is 61.0 cm³/mol. The summed E-state index contributed by atoms with van der Waals surface area (Å²) < 4.78 is 0. The molecule has 1 saturated heterocycles. The Labute approximate surface area is 89.9 Å². The van der Waals surface area contributed by atoms with Crippen molar-refractivity contribution in [1.82, 2.24) is 4.90 Å². The van der Waals surface area contributed by atoms with E-state index in [0.29, 0.717) is 0 Å². The number of hydrogen-bond donors (Lipinski definition) is 1. The molecule has 0 radical (unpaired) electrons. The number of halogens is 1. The summed E-state index contributed by atoms with van der Waals surface area (Å²) >= 11 is 6.01. The number of hydrogen-bond acceptors (Lipinski definition) is 2. The van der Waals surface area contributed by atoms with Crippen LogP contribution in [0.2, 0.25) is 5.02 Å². The Morgan fingerprint density at radius 3 is 2.71 bits per heavy atom. The minimum atomic E-state index is 0.802. The van der Waals surface area contributed by atoms with E-state index in [1.807, 2.05) is 24.3 Å². The molecule has 1 aromatic rings. The summed E-state index contributed by atoms with van der Waals surface area (Å²) in [5.74, 6) is 0. The molecule has 76 valence electrons. The molecule has 3 heteroatoms. The van der Waals surface area contributed by atoms with Crippen LogP contribution in [0.1, 0.15) is 6.42 Å². The highest BCUT2D eigenvalue weighted by molar-refractivity contribution is 6.33. The zero-order valence-corrected chi connectivity index (χ0v) is 8.93. The van der Waals surface area contributed by atoms with Crippen LogP contribution in [0, 0.1) is 0 Å². The summed E-state index contributed by atoms with van der Waals surface area (Å²) in [5, 5.41) is 4.14. The van der Waals surface area contributed by atoms with Gasteiger partial charge in [0, 0.05) is 13.1 Å². The zero-order valence-electron chi connectivity index (χ0n) is 8.17. The molecule has 1 fully saturated rings. The Morgan fingerprint density at radius 1 is 1.29 bits per heavy atom. The van der Waals surface area contributed by atoms with Gasteiger partial charge in [-0.1, -0.05) is 23.7 Å². The van der Waals surface area contributed by atoms with Crippen molar-refractivity contribution in [2.24, 2.45) is 0 Å².